The lowest BCUT2D eigenvalue weighted by Crippen LogP contribution is -2.15. The van der Waals surface area contributed by atoms with Crippen molar-refractivity contribution in [2.24, 2.45) is 0 Å². The summed E-state index contributed by atoms with van der Waals surface area (Å²) in [6, 6.07) is 9.63. The van der Waals surface area contributed by atoms with Crippen LogP contribution in [-0.4, -0.2) is 32.1 Å². The van der Waals surface area contributed by atoms with Crippen LogP contribution >= 0.6 is 0 Å². The molecule has 0 fully saturated rings. The maximum atomic E-state index is 5.80. The first-order valence-corrected chi connectivity index (χ1v) is 7.04. The Morgan fingerprint density at radius 3 is 2.58 bits per heavy atom. The Hall–Kier alpha value is -3.55. The number of anilines is 3. The third-order valence-corrected chi connectivity index (χ3v) is 3.23. The Labute approximate surface area is 138 Å². The van der Waals surface area contributed by atoms with E-state index in [2.05, 4.69) is 38.3 Å². The maximum Gasteiger partial charge on any atom is 0.257 e. The lowest BCUT2D eigenvalue weighted by atomic mass is 10.3. The molecule has 0 aliphatic carbocycles. The third-order valence-electron chi connectivity index (χ3n) is 3.23. The molecular weight excluding hydrogens is 306 g/mol. The molecule has 0 saturated heterocycles. The molecule has 3 aromatic rings. The van der Waals surface area contributed by atoms with E-state index in [-0.39, 0.29) is 23.5 Å². The van der Waals surface area contributed by atoms with E-state index in [9.17, 15) is 0 Å². The van der Waals surface area contributed by atoms with Crippen molar-refractivity contribution >= 4 is 23.2 Å². The summed E-state index contributed by atoms with van der Waals surface area (Å²) >= 11 is 0. The summed E-state index contributed by atoms with van der Waals surface area (Å²) in [7, 11) is 1.83. The van der Waals surface area contributed by atoms with Gasteiger partial charge in [0.15, 0.2) is 0 Å². The van der Waals surface area contributed by atoms with E-state index < -0.39 is 0 Å². The molecule has 0 saturated carbocycles. The fourth-order valence-electron chi connectivity index (χ4n) is 1.93. The van der Waals surface area contributed by atoms with Gasteiger partial charge < -0.3 is 15.2 Å². The zero-order chi connectivity index (χ0) is 17.1. The normalized spacial score (nSPS) is 10.4. The Balaban J connectivity index is 1.99. The van der Waals surface area contributed by atoms with Crippen molar-refractivity contribution in [3.63, 3.8) is 0 Å². The number of hydrogen-bond acceptors (Lipinski definition) is 8. The van der Waals surface area contributed by atoms with Gasteiger partial charge in [0.1, 0.15) is 0 Å². The Kier molecular flexibility index (Phi) is 4.02. The van der Waals surface area contributed by atoms with Gasteiger partial charge in [-0.1, -0.05) is 42.6 Å². The number of para-hydroxylation sites is 1. The van der Waals surface area contributed by atoms with Gasteiger partial charge in [-0.3, -0.25) is 0 Å². The summed E-state index contributed by atoms with van der Waals surface area (Å²) in [6.07, 6.45) is 1.52. The minimum atomic E-state index is 0.0617. The molecule has 1 aromatic carbocycles. The van der Waals surface area contributed by atoms with Gasteiger partial charge in [-0.25, -0.2) is 0 Å². The van der Waals surface area contributed by atoms with E-state index in [1.807, 2.05) is 37.4 Å². The van der Waals surface area contributed by atoms with Crippen LogP contribution in [0.25, 0.3) is 17.2 Å². The van der Waals surface area contributed by atoms with Crippen molar-refractivity contribution in [3.05, 3.63) is 55.5 Å². The molecule has 0 aliphatic heterocycles. The van der Waals surface area contributed by atoms with Gasteiger partial charge in [-0.2, -0.15) is 19.9 Å². The highest BCUT2D eigenvalue weighted by Gasteiger charge is 2.16. The van der Waals surface area contributed by atoms with Crippen LogP contribution in [0.3, 0.4) is 0 Å². The molecule has 120 valence electrons. The van der Waals surface area contributed by atoms with Crippen LogP contribution in [0, 0.1) is 0 Å². The van der Waals surface area contributed by atoms with Crippen LogP contribution < -0.4 is 10.6 Å². The van der Waals surface area contributed by atoms with Gasteiger partial charge >= 0.3 is 0 Å². The van der Waals surface area contributed by atoms with Crippen LogP contribution in [0.4, 0.5) is 17.6 Å². The molecule has 0 bridgehead atoms. The molecule has 2 heterocycles. The van der Waals surface area contributed by atoms with Gasteiger partial charge in [0, 0.05) is 18.3 Å². The molecule has 0 spiro atoms. The molecule has 24 heavy (non-hydrogen) atoms. The molecule has 0 aliphatic rings. The molecule has 2 aromatic heterocycles. The van der Waals surface area contributed by atoms with Crippen molar-refractivity contribution in [3.8, 4) is 11.6 Å². The zero-order valence-electron chi connectivity index (χ0n) is 13.0. The highest BCUT2D eigenvalue weighted by atomic mass is 16.5. The SMILES string of the molecule is C=CC(=C)c1nc(-c2nc(N)nc(N(C)c3ccccc3)n2)no1. The fraction of sp³-hybridized carbons (Fsp3) is 0.0625. The van der Waals surface area contributed by atoms with E-state index >= 15 is 0 Å². The van der Waals surface area contributed by atoms with E-state index in [4.69, 9.17) is 10.3 Å². The molecular formula is C16H15N7O. The number of aromatic nitrogens is 5. The van der Waals surface area contributed by atoms with Crippen LogP contribution in [-0.2, 0) is 0 Å². The summed E-state index contributed by atoms with van der Waals surface area (Å²) in [4.78, 5) is 18.6. The second kappa shape index (κ2) is 6.29. The highest BCUT2D eigenvalue weighted by molar-refractivity contribution is 5.66. The van der Waals surface area contributed by atoms with E-state index in [1.54, 1.807) is 4.90 Å². The first-order chi connectivity index (χ1) is 11.6. The van der Waals surface area contributed by atoms with Crippen molar-refractivity contribution in [1.82, 2.24) is 25.1 Å². The van der Waals surface area contributed by atoms with Crippen LogP contribution in [0.5, 0.6) is 0 Å². The first kappa shape index (κ1) is 15.3. The van der Waals surface area contributed by atoms with Crippen LogP contribution in [0.1, 0.15) is 5.89 Å². The van der Waals surface area contributed by atoms with Gasteiger partial charge in [-0.05, 0) is 12.1 Å². The molecule has 0 unspecified atom stereocenters. The minimum absolute atomic E-state index is 0.0617. The van der Waals surface area contributed by atoms with Gasteiger partial charge in [0.25, 0.3) is 5.89 Å². The number of nitrogen functional groups attached to an aromatic ring is 1. The molecule has 8 heteroatoms. The average molecular weight is 321 g/mol. The molecule has 0 amide bonds. The highest BCUT2D eigenvalue weighted by Crippen LogP contribution is 2.22. The number of benzene rings is 1. The molecule has 8 nitrogen and oxygen atoms in total. The van der Waals surface area contributed by atoms with Crippen LogP contribution in [0.15, 0.2) is 54.1 Å². The summed E-state index contributed by atoms with van der Waals surface area (Å²) < 4.78 is 5.11. The van der Waals surface area contributed by atoms with E-state index in [0.29, 0.717) is 11.5 Å². The number of hydrogen-bond donors (Lipinski definition) is 1. The third kappa shape index (κ3) is 2.98. The number of nitrogens with two attached hydrogens (primary N) is 1. The lowest BCUT2D eigenvalue weighted by molar-refractivity contribution is 0.409. The topological polar surface area (TPSA) is 107 Å². The van der Waals surface area contributed by atoms with Crippen molar-refractivity contribution in [2.45, 2.75) is 0 Å². The van der Waals surface area contributed by atoms with Gasteiger partial charge in [-0.15, -0.1) is 0 Å². The lowest BCUT2D eigenvalue weighted by Gasteiger charge is -2.17. The number of nitrogens with zero attached hydrogens (tertiary/aromatic N) is 6. The predicted molar refractivity (Wildman–Crippen MR) is 91.3 cm³/mol. The fourth-order valence-corrected chi connectivity index (χ4v) is 1.93. The molecule has 0 radical (unpaired) electrons. The van der Waals surface area contributed by atoms with E-state index in [1.165, 1.54) is 6.08 Å². The predicted octanol–water partition coefficient (Wildman–Crippen LogP) is 2.47. The summed E-state index contributed by atoms with van der Waals surface area (Å²) in [6.45, 7) is 7.36. The van der Waals surface area contributed by atoms with Crippen molar-refractivity contribution < 1.29 is 4.52 Å². The summed E-state index contributed by atoms with van der Waals surface area (Å²) in [5.74, 6) is 1.10. The summed E-state index contributed by atoms with van der Waals surface area (Å²) in [5, 5.41) is 3.85. The Bertz CT molecular complexity index is 888. The second-order valence-corrected chi connectivity index (χ2v) is 4.86. The minimum Gasteiger partial charge on any atom is -0.368 e. The smallest absolute Gasteiger partial charge is 0.257 e. The quantitative estimate of drug-likeness (QED) is 0.714. The first-order valence-electron chi connectivity index (χ1n) is 7.04. The Morgan fingerprint density at radius 1 is 1.12 bits per heavy atom. The zero-order valence-corrected chi connectivity index (χ0v) is 13.0. The Morgan fingerprint density at radius 2 is 1.88 bits per heavy atom. The monoisotopic (exact) mass is 321 g/mol. The van der Waals surface area contributed by atoms with Gasteiger partial charge in [0.05, 0.1) is 0 Å². The van der Waals surface area contributed by atoms with Crippen molar-refractivity contribution in [2.75, 3.05) is 17.7 Å². The molecule has 2 N–H and O–H groups in total. The van der Waals surface area contributed by atoms with Crippen LogP contribution in [0.2, 0.25) is 0 Å². The summed E-state index contributed by atoms with van der Waals surface area (Å²) in [5.41, 5.74) is 7.21. The number of allylic oxidation sites excluding steroid dienone is 2. The largest absolute Gasteiger partial charge is 0.368 e. The molecule has 3 rings (SSSR count). The average Bonchev–Trinajstić information content (AvgIpc) is 3.11. The standard InChI is InChI=1S/C16H15N7O/c1-4-10(2)14-18-13(22-24-14)12-19-15(17)21-16(20-12)23(3)11-8-6-5-7-9-11/h4-9H,1-2H2,3H3,(H2,17,19,20,21). The molecule has 0 atom stereocenters. The van der Waals surface area contributed by atoms with E-state index in [0.717, 1.165) is 5.69 Å². The number of rotatable bonds is 5. The van der Waals surface area contributed by atoms with Gasteiger partial charge in [0.2, 0.25) is 23.5 Å². The maximum absolute atomic E-state index is 5.80. The van der Waals surface area contributed by atoms with Crippen molar-refractivity contribution in [1.29, 1.82) is 0 Å². The second-order valence-electron chi connectivity index (χ2n) is 4.86.